The van der Waals surface area contributed by atoms with Crippen LogP contribution in [0.1, 0.15) is 38.2 Å². The zero-order chi connectivity index (χ0) is 17.3. The van der Waals surface area contributed by atoms with Crippen molar-refractivity contribution in [3.05, 3.63) is 29.8 Å². The van der Waals surface area contributed by atoms with Crippen molar-refractivity contribution in [1.29, 1.82) is 0 Å². The van der Waals surface area contributed by atoms with Crippen LogP contribution in [0.3, 0.4) is 0 Å². The zero-order valence-electron chi connectivity index (χ0n) is 14.8. The summed E-state index contributed by atoms with van der Waals surface area (Å²) in [6.45, 7) is 7.39. The average molecular weight is 329 g/mol. The van der Waals surface area contributed by atoms with Crippen LogP contribution in [-0.2, 0) is 9.59 Å². The Kier molecular flexibility index (Phi) is 4.63. The number of rotatable bonds is 4. The van der Waals surface area contributed by atoms with Gasteiger partial charge >= 0.3 is 0 Å². The lowest BCUT2D eigenvalue weighted by Crippen LogP contribution is -2.51. The van der Waals surface area contributed by atoms with Crippen molar-refractivity contribution in [2.75, 3.05) is 38.5 Å². The minimum absolute atomic E-state index is 0.00938. The highest BCUT2D eigenvalue weighted by Crippen LogP contribution is 2.48. The van der Waals surface area contributed by atoms with Crippen molar-refractivity contribution in [3.8, 4) is 0 Å². The van der Waals surface area contributed by atoms with Gasteiger partial charge in [0, 0.05) is 31.9 Å². The number of carbonyl (C=O) groups excluding carboxylic acids is 2. The smallest absolute Gasteiger partial charge is 0.240 e. The summed E-state index contributed by atoms with van der Waals surface area (Å²) >= 11 is 0. The SMILES string of the molecule is CC(C)c1ccccc1NC(=O)C1(C(=O)N2CCN(C)CC2)CC1. The Morgan fingerprint density at radius 2 is 1.71 bits per heavy atom. The number of nitrogens with zero attached hydrogens (tertiary/aromatic N) is 2. The molecule has 24 heavy (non-hydrogen) atoms. The van der Waals surface area contributed by atoms with Crippen molar-refractivity contribution < 1.29 is 9.59 Å². The number of piperazine rings is 1. The van der Waals surface area contributed by atoms with Crippen molar-refractivity contribution in [1.82, 2.24) is 9.80 Å². The van der Waals surface area contributed by atoms with Gasteiger partial charge in [-0.1, -0.05) is 32.0 Å². The van der Waals surface area contributed by atoms with Crippen LogP contribution in [0, 0.1) is 5.41 Å². The third-order valence-corrected chi connectivity index (χ3v) is 5.22. The van der Waals surface area contributed by atoms with Crippen LogP contribution in [0.15, 0.2) is 24.3 Å². The first kappa shape index (κ1) is 17.0. The van der Waals surface area contributed by atoms with E-state index in [1.807, 2.05) is 29.2 Å². The van der Waals surface area contributed by atoms with Crippen molar-refractivity contribution in [2.24, 2.45) is 5.41 Å². The largest absolute Gasteiger partial charge is 0.339 e. The monoisotopic (exact) mass is 329 g/mol. The Hall–Kier alpha value is -1.88. The molecule has 0 aromatic heterocycles. The quantitative estimate of drug-likeness (QED) is 0.863. The standard InChI is InChI=1S/C19H27N3O2/c1-14(2)15-6-4-5-7-16(15)20-17(23)19(8-9-19)18(24)22-12-10-21(3)11-13-22/h4-7,14H,8-13H2,1-3H3,(H,20,23). The lowest BCUT2D eigenvalue weighted by Gasteiger charge is -2.34. The predicted octanol–water partition coefficient (Wildman–Crippen LogP) is 2.30. The maximum absolute atomic E-state index is 12.9. The van der Waals surface area contributed by atoms with Crippen molar-refractivity contribution >= 4 is 17.5 Å². The molecule has 2 fully saturated rings. The molecule has 1 saturated heterocycles. The molecule has 2 aliphatic rings. The molecule has 1 heterocycles. The van der Waals surface area contributed by atoms with E-state index >= 15 is 0 Å². The van der Waals surface area contributed by atoms with E-state index in [2.05, 4.69) is 31.1 Å². The molecule has 1 saturated carbocycles. The second-order valence-electron chi connectivity index (χ2n) is 7.37. The van der Waals surface area contributed by atoms with Gasteiger partial charge in [-0.15, -0.1) is 0 Å². The van der Waals surface area contributed by atoms with Crippen LogP contribution >= 0.6 is 0 Å². The zero-order valence-corrected chi connectivity index (χ0v) is 14.8. The second-order valence-corrected chi connectivity index (χ2v) is 7.37. The summed E-state index contributed by atoms with van der Waals surface area (Å²) < 4.78 is 0. The number of nitrogens with one attached hydrogen (secondary N) is 1. The molecule has 1 aromatic rings. The Labute approximate surface area is 144 Å². The first-order valence-electron chi connectivity index (χ1n) is 8.82. The summed E-state index contributed by atoms with van der Waals surface area (Å²) in [6.07, 6.45) is 1.32. The molecule has 2 amide bonds. The van der Waals surface area contributed by atoms with E-state index in [4.69, 9.17) is 0 Å². The highest BCUT2D eigenvalue weighted by Gasteiger charge is 2.58. The number of carbonyl (C=O) groups is 2. The lowest BCUT2D eigenvalue weighted by atomic mass is 9.99. The summed E-state index contributed by atoms with van der Waals surface area (Å²) in [7, 11) is 2.06. The molecule has 0 spiro atoms. The Balaban J connectivity index is 1.72. The molecule has 5 nitrogen and oxygen atoms in total. The lowest BCUT2D eigenvalue weighted by molar-refractivity contribution is -0.143. The number of likely N-dealkylation sites (N-methyl/N-ethyl adjacent to an activating group) is 1. The third-order valence-electron chi connectivity index (χ3n) is 5.22. The molecule has 0 bridgehead atoms. The minimum atomic E-state index is -0.833. The van der Waals surface area contributed by atoms with Crippen LogP contribution in [0.5, 0.6) is 0 Å². The van der Waals surface area contributed by atoms with E-state index < -0.39 is 5.41 Å². The number of benzene rings is 1. The number of hydrogen-bond donors (Lipinski definition) is 1. The predicted molar refractivity (Wildman–Crippen MR) is 94.9 cm³/mol. The highest BCUT2D eigenvalue weighted by atomic mass is 16.2. The van der Waals surface area contributed by atoms with Crippen molar-refractivity contribution in [2.45, 2.75) is 32.6 Å². The molecular formula is C19H27N3O2. The molecule has 0 atom stereocenters. The summed E-state index contributed by atoms with van der Waals surface area (Å²) in [5.74, 6) is 0.194. The minimum Gasteiger partial charge on any atom is -0.339 e. The molecule has 1 aromatic carbocycles. The van der Waals surface area contributed by atoms with Gasteiger partial charge in [0.05, 0.1) is 0 Å². The first-order chi connectivity index (χ1) is 11.4. The molecule has 3 rings (SSSR count). The van der Waals surface area contributed by atoms with E-state index in [0.717, 1.165) is 24.3 Å². The van der Waals surface area contributed by atoms with Gasteiger partial charge in [0.15, 0.2) is 0 Å². The average Bonchev–Trinajstić information content (AvgIpc) is 3.37. The maximum atomic E-state index is 12.9. The van der Waals surface area contributed by atoms with Crippen LogP contribution in [0.25, 0.3) is 0 Å². The van der Waals surface area contributed by atoms with Crippen LogP contribution in [-0.4, -0.2) is 54.8 Å². The molecule has 1 N–H and O–H groups in total. The van der Waals surface area contributed by atoms with Crippen LogP contribution in [0.2, 0.25) is 0 Å². The topological polar surface area (TPSA) is 52.7 Å². The number of para-hydroxylation sites is 1. The first-order valence-corrected chi connectivity index (χ1v) is 8.82. The normalized spacial score (nSPS) is 20.1. The van der Waals surface area contributed by atoms with E-state index in [1.165, 1.54) is 0 Å². The molecule has 0 radical (unpaired) electrons. The van der Waals surface area contributed by atoms with Gasteiger partial charge in [-0.05, 0) is 37.4 Å². The Bertz CT molecular complexity index is 629. The van der Waals surface area contributed by atoms with E-state index in [-0.39, 0.29) is 11.8 Å². The van der Waals surface area contributed by atoms with Gasteiger partial charge in [-0.3, -0.25) is 9.59 Å². The maximum Gasteiger partial charge on any atom is 0.240 e. The van der Waals surface area contributed by atoms with E-state index in [9.17, 15) is 9.59 Å². The highest BCUT2D eigenvalue weighted by molar-refractivity contribution is 6.13. The van der Waals surface area contributed by atoms with Crippen LogP contribution < -0.4 is 5.32 Å². The van der Waals surface area contributed by atoms with Gasteiger partial charge < -0.3 is 15.1 Å². The Morgan fingerprint density at radius 3 is 2.29 bits per heavy atom. The van der Waals surface area contributed by atoms with Gasteiger partial charge in [0.25, 0.3) is 0 Å². The van der Waals surface area contributed by atoms with Gasteiger partial charge in [0.1, 0.15) is 5.41 Å². The van der Waals surface area contributed by atoms with Gasteiger partial charge in [-0.2, -0.15) is 0 Å². The van der Waals surface area contributed by atoms with Crippen molar-refractivity contribution in [3.63, 3.8) is 0 Å². The number of anilines is 1. The van der Waals surface area contributed by atoms with Gasteiger partial charge in [-0.25, -0.2) is 0 Å². The fraction of sp³-hybridized carbons (Fsp3) is 0.579. The van der Waals surface area contributed by atoms with Gasteiger partial charge in [0.2, 0.25) is 11.8 Å². The number of amides is 2. The van der Waals surface area contributed by atoms with E-state index in [1.54, 1.807) is 0 Å². The fourth-order valence-corrected chi connectivity index (χ4v) is 3.33. The molecule has 130 valence electrons. The summed E-state index contributed by atoms with van der Waals surface area (Å²) in [4.78, 5) is 29.8. The molecule has 1 aliphatic heterocycles. The second kappa shape index (κ2) is 6.55. The van der Waals surface area contributed by atoms with E-state index in [0.29, 0.717) is 31.8 Å². The third kappa shape index (κ3) is 3.18. The molecule has 0 unspecified atom stereocenters. The molecule has 1 aliphatic carbocycles. The fourth-order valence-electron chi connectivity index (χ4n) is 3.33. The van der Waals surface area contributed by atoms with Crippen LogP contribution in [0.4, 0.5) is 5.69 Å². The summed E-state index contributed by atoms with van der Waals surface area (Å²) in [5.41, 5.74) is 1.10. The summed E-state index contributed by atoms with van der Waals surface area (Å²) in [6, 6.07) is 7.85. The number of hydrogen-bond acceptors (Lipinski definition) is 3. The summed E-state index contributed by atoms with van der Waals surface area (Å²) in [5, 5.41) is 3.03. The molecular weight excluding hydrogens is 302 g/mol. The Morgan fingerprint density at radius 1 is 1.08 bits per heavy atom. The molecule has 5 heteroatoms.